The fraction of sp³-hybridized carbons (Fsp3) is 0.500. The smallest absolute Gasteiger partial charge is 0.214 e. The van der Waals surface area contributed by atoms with Gasteiger partial charge in [0.2, 0.25) is 10.0 Å². The van der Waals surface area contributed by atoms with Gasteiger partial charge in [-0.15, -0.1) is 0 Å². The second kappa shape index (κ2) is 5.69. The highest BCUT2D eigenvalue weighted by molar-refractivity contribution is 7.89. The minimum absolute atomic E-state index is 0.0222. The van der Waals surface area contributed by atoms with Crippen molar-refractivity contribution >= 4 is 10.0 Å². The number of hydrogen-bond acceptors (Lipinski definition) is 4. The Morgan fingerprint density at radius 3 is 2.89 bits per heavy atom. The number of ether oxygens (including phenoxy) is 1. The van der Waals surface area contributed by atoms with E-state index in [9.17, 15) is 8.42 Å². The standard InChI is InChI=1S/C12H17NO4S/c14-7-3-9-18(15,16)13-6-8-17-12-5-2-1-4-11(12)10-13/h1-2,4-5,14H,3,6-10H2. The summed E-state index contributed by atoms with van der Waals surface area (Å²) in [5, 5.41) is 8.73. The van der Waals surface area contributed by atoms with E-state index in [1.54, 1.807) is 0 Å². The van der Waals surface area contributed by atoms with E-state index in [4.69, 9.17) is 9.84 Å². The molecule has 0 saturated heterocycles. The molecule has 1 aliphatic heterocycles. The lowest BCUT2D eigenvalue weighted by molar-refractivity contribution is 0.286. The minimum atomic E-state index is -3.32. The molecular formula is C12H17NO4S. The number of para-hydroxylation sites is 1. The summed E-state index contributed by atoms with van der Waals surface area (Å²) in [4.78, 5) is 0. The van der Waals surface area contributed by atoms with E-state index >= 15 is 0 Å². The first-order valence-electron chi connectivity index (χ1n) is 5.93. The van der Waals surface area contributed by atoms with E-state index in [1.807, 2.05) is 24.3 Å². The highest BCUT2D eigenvalue weighted by atomic mass is 32.2. The third kappa shape index (κ3) is 3.01. The molecule has 5 nitrogen and oxygen atoms in total. The summed E-state index contributed by atoms with van der Waals surface area (Å²) in [6.07, 6.45) is 0.265. The Balaban J connectivity index is 2.17. The normalized spacial score (nSPS) is 16.7. The fourth-order valence-electron chi connectivity index (χ4n) is 1.92. The van der Waals surface area contributed by atoms with Gasteiger partial charge in [-0.05, 0) is 12.5 Å². The van der Waals surface area contributed by atoms with Gasteiger partial charge in [0.25, 0.3) is 0 Å². The zero-order chi connectivity index (χ0) is 13.0. The number of sulfonamides is 1. The van der Waals surface area contributed by atoms with Gasteiger partial charge in [0.1, 0.15) is 12.4 Å². The lowest BCUT2D eigenvalue weighted by Gasteiger charge is -2.19. The number of rotatable bonds is 4. The van der Waals surface area contributed by atoms with Crippen molar-refractivity contribution in [2.24, 2.45) is 0 Å². The molecule has 0 saturated carbocycles. The molecule has 18 heavy (non-hydrogen) atoms. The van der Waals surface area contributed by atoms with Crippen LogP contribution in [0.2, 0.25) is 0 Å². The molecule has 0 fully saturated rings. The molecule has 0 aromatic heterocycles. The van der Waals surface area contributed by atoms with Gasteiger partial charge in [-0.1, -0.05) is 18.2 Å². The third-order valence-corrected chi connectivity index (χ3v) is 4.77. The van der Waals surface area contributed by atoms with Crippen LogP contribution in [-0.4, -0.2) is 43.3 Å². The molecule has 1 aromatic rings. The lowest BCUT2D eigenvalue weighted by atomic mass is 10.2. The van der Waals surface area contributed by atoms with Crippen molar-refractivity contribution < 1.29 is 18.3 Å². The van der Waals surface area contributed by atoms with Crippen LogP contribution in [0, 0.1) is 0 Å². The molecular weight excluding hydrogens is 254 g/mol. The summed E-state index contributed by atoms with van der Waals surface area (Å²) in [5.41, 5.74) is 0.877. The van der Waals surface area contributed by atoms with E-state index in [2.05, 4.69) is 0 Å². The van der Waals surface area contributed by atoms with Crippen molar-refractivity contribution in [1.29, 1.82) is 0 Å². The summed E-state index contributed by atoms with van der Waals surface area (Å²) in [5.74, 6) is 0.725. The van der Waals surface area contributed by atoms with E-state index in [1.165, 1.54) is 4.31 Å². The van der Waals surface area contributed by atoms with Crippen molar-refractivity contribution in [3.05, 3.63) is 29.8 Å². The lowest BCUT2D eigenvalue weighted by Crippen LogP contribution is -2.34. The third-order valence-electron chi connectivity index (χ3n) is 2.87. The molecule has 1 aliphatic rings. The first-order chi connectivity index (χ1) is 8.63. The molecule has 0 amide bonds. The number of aliphatic hydroxyl groups excluding tert-OH is 1. The molecule has 0 spiro atoms. The Hall–Kier alpha value is -1.11. The number of benzene rings is 1. The van der Waals surface area contributed by atoms with Crippen LogP contribution in [0.3, 0.4) is 0 Å². The van der Waals surface area contributed by atoms with Gasteiger partial charge in [-0.3, -0.25) is 0 Å². The van der Waals surface area contributed by atoms with Gasteiger partial charge in [0.05, 0.1) is 5.75 Å². The maximum absolute atomic E-state index is 12.1. The zero-order valence-electron chi connectivity index (χ0n) is 10.1. The second-order valence-electron chi connectivity index (χ2n) is 4.18. The molecule has 1 N–H and O–H groups in total. The monoisotopic (exact) mass is 271 g/mol. The van der Waals surface area contributed by atoms with Crippen LogP contribution in [0.5, 0.6) is 5.75 Å². The van der Waals surface area contributed by atoms with Crippen LogP contribution in [-0.2, 0) is 16.6 Å². The van der Waals surface area contributed by atoms with Gasteiger partial charge in [0, 0.05) is 25.3 Å². The fourth-order valence-corrected chi connectivity index (χ4v) is 3.36. The summed E-state index contributed by atoms with van der Waals surface area (Å²) in [7, 11) is -3.32. The van der Waals surface area contributed by atoms with Crippen molar-refractivity contribution in [3.8, 4) is 5.75 Å². The van der Waals surface area contributed by atoms with E-state index in [0.717, 1.165) is 11.3 Å². The molecule has 6 heteroatoms. The quantitative estimate of drug-likeness (QED) is 0.870. The molecule has 0 radical (unpaired) electrons. The molecule has 1 aromatic carbocycles. The summed E-state index contributed by atoms with van der Waals surface area (Å²) < 4.78 is 31.1. The van der Waals surface area contributed by atoms with Crippen LogP contribution in [0.4, 0.5) is 0 Å². The predicted octanol–water partition coefficient (Wildman–Crippen LogP) is 0.593. The van der Waals surface area contributed by atoms with Crippen LogP contribution < -0.4 is 4.74 Å². The Morgan fingerprint density at radius 1 is 1.33 bits per heavy atom. The van der Waals surface area contributed by atoms with E-state index in [-0.39, 0.29) is 18.8 Å². The van der Waals surface area contributed by atoms with Crippen molar-refractivity contribution in [3.63, 3.8) is 0 Å². The van der Waals surface area contributed by atoms with Gasteiger partial charge >= 0.3 is 0 Å². The van der Waals surface area contributed by atoms with Crippen molar-refractivity contribution in [1.82, 2.24) is 4.31 Å². The van der Waals surface area contributed by atoms with Gasteiger partial charge in [-0.25, -0.2) is 8.42 Å². The highest BCUT2D eigenvalue weighted by Crippen LogP contribution is 2.23. The predicted molar refractivity (Wildman–Crippen MR) is 67.8 cm³/mol. The summed E-state index contributed by atoms with van der Waals surface area (Å²) >= 11 is 0. The van der Waals surface area contributed by atoms with Gasteiger partial charge in [-0.2, -0.15) is 4.31 Å². The Bertz CT molecular complexity index is 501. The zero-order valence-corrected chi connectivity index (χ0v) is 10.9. The second-order valence-corrected chi connectivity index (χ2v) is 6.27. The molecule has 100 valence electrons. The summed E-state index contributed by atoms with van der Waals surface area (Å²) in [6, 6.07) is 7.45. The molecule has 2 rings (SSSR count). The Morgan fingerprint density at radius 2 is 2.11 bits per heavy atom. The summed E-state index contributed by atoms with van der Waals surface area (Å²) in [6.45, 7) is 0.932. The SMILES string of the molecule is O=S(=O)(CCCO)N1CCOc2ccccc2C1. The van der Waals surface area contributed by atoms with Gasteiger partial charge < -0.3 is 9.84 Å². The number of nitrogens with zero attached hydrogens (tertiary/aromatic N) is 1. The number of fused-ring (bicyclic) bond motifs is 1. The number of hydrogen-bond donors (Lipinski definition) is 1. The Kier molecular flexibility index (Phi) is 4.21. The molecule has 0 aliphatic carbocycles. The van der Waals surface area contributed by atoms with Crippen LogP contribution >= 0.6 is 0 Å². The van der Waals surface area contributed by atoms with Crippen molar-refractivity contribution in [2.45, 2.75) is 13.0 Å². The van der Waals surface area contributed by atoms with Crippen LogP contribution in [0.1, 0.15) is 12.0 Å². The first-order valence-corrected chi connectivity index (χ1v) is 7.54. The van der Waals surface area contributed by atoms with Crippen molar-refractivity contribution in [2.75, 3.05) is 25.5 Å². The topological polar surface area (TPSA) is 66.8 Å². The molecule has 1 heterocycles. The average molecular weight is 271 g/mol. The van der Waals surface area contributed by atoms with E-state index < -0.39 is 10.0 Å². The molecule has 0 unspecified atom stereocenters. The first kappa shape index (κ1) is 13.3. The van der Waals surface area contributed by atoms with Gasteiger partial charge in [0.15, 0.2) is 0 Å². The maximum atomic E-state index is 12.1. The van der Waals surface area contributed by atoms with Crippen LogP contribution in [0.25, 0.3) is 0 Å². The largest absolute Gasteiger partial charge is 0.492 e. The van der Waals surface area contributed by atoms with E-state index in [0.29, 0.717) is 19.7 Å². The van der Waals surface area contributed by atoms with Crippen LogP contribution in [0.15, 0.2) is 24.3 Å². The average Bonchev–Trinajstić information content (AvgIpc) is 2.59. The maximum Gasteiger partial charge on any atom is 0.214 e. The molecule has 0 bridgehead atoms. The minimum Gasteiger partial charge on any atom is -0.492 e. The number of aliphatic hydroxyl groups is 1. The Labute approximate surface area is 107 Å². The molecule has 0 atom stereocenters. The highest BCUT2D eigenvalue weighted by Gasteiger charge is 2.25.